The standard InChI is InChI=1S/C53H91N11O13.3C2H4O2/c1-11-32(10)44(52(75)58-36(17-13-15-25-55)47(70)63-43(31(8)9)53(76)77)64-51(74)42(30(6)7)62-49(72)39(27-33-18-20-34(65)21-19-33)59-46(69)37(22-23-40(66)67)57-48(71)38(26-28(2)3)60-50(73)41(29(4)5)61-45(68)35(56)16-12-14-24-54;3*1-2(3)4/h18-21,28-32,35-39,41-44,65H,11-17,22-27,54-56H2,1-10H3,(H,57,71)(H,58,75)(H,59,69)(H,60,73)(H,61,68)(H,62,72)(H,63,70)(H,64,74)(H,66,67)(H,76,77);3*1H3,(H,3,4)/t32-,35-,36-,37-,38-,39-,41-,42-,43-,44-;;;/m0.../s1. The van der Waals surface area contributed by atoms with Crippen molar-refractivity contribution in [3.63, 3.8) is 0 Å². The van der Waals surface area contributed by atoms with Gasteiger partial charge in [0.05, 0.1) is 6.04 Å². The number of carbonyl (C=O) groups is 13. The molecule has 508 valence electrons. The molecule has 0 fully saturated rings. The van der Waals surface area contributed by atoms with Gasteiger partial charge in [-0.05, 0) is 105 Å². The van der Waals surface area contributed by atoms with Crippen molar-refractivity contribution < 1.29 is 93.0 Å². The lowest BCUT2D eigenvalue weighted by molar-refractivity contribution is -0.143. The summed E-state index contributed by atoms with van der Waals surface area (Å²) in [6, 6.07) is -5.76. The topological polar surface area (TPSA) is 518 Å². The summed E-state index contributed by atoms with van der Waals surface area (Å²) >= 11 is 0. The molecule has 0 aliphatic heterocycles. The van der Waals surface area contributed by atoms with Crippen molar-refractivity contribution in [2.75, 3.05) is 13.1 Å². The molecule has 0 radical (unpaired) electrons. The molecule has 0 spiro atoms. The van der Waals surface area contributed by atoms with E-state index in [2.05, 4.69) is 42.5 Å². The van der Waals surface area contributed by atoms with Crippen LogP contribution < -0.4 is 59.7 Å². The summed E-state index contributed by atoms with van der Waals surface area (Å²) in [5, 5.41) is 72.8. The van der Waals surface area contributed by atoms with E-state index in [-0.39, 0.29) is 30.9 Å². The molecule has 0 aromatic heterocycles. The number of phenolic OH excluding ortho intramolecular Hbond substituents is 1. The lowest BCUT2D eigenvalue weighted by atomic mass is 9.95. The summed E-state index contributed by atoms with van der Waals surface area (Å²) < 4.78 is 0. The molecule has 0 saturated heterocycles. The second-order valence-corrected chi connectivity index (χ2v) is 22.8. The molecule has 1 aromatic rings. The van der Waals surface area contributed by atoms with Gasteiger partial charge in [-0.25, -0.2) is 4.79 Å². The Morgan fingerprint density at radius 3 is 1.21 bits per heavy atom. The number of benzene rings is 1. The molecule has 0 aliphatic carbocycles. The fraction of sp³-hybridized carbons (Fsp3) is 0.678. The molecule has 1 aromatic carbocycles. The lowest BCUT2D eigenvalue weighted by Gasteiger charge is -2.31. The molecule has 0 saturated carbocycles. The normalized spacial score (nSPS) is 14.1. The van der Waals surface area contributed by atoms with E-state index in [0.29, 0.717) is 57.2 Å². The molecular formula is C59H103N11O19. The van der Waals surface area contributed by atoms with Crippen LogP contribution >= 0.6 is 0 Å². The number of hydrogen-bond donors (Lipinski definition) is 17. The van der Waals surface area contributed by atoms with Gasteiger partial charge in [0.25, 0.3) is 17.9 Å². The molecule has 89 heavy (non-hydrogen) atoms. The number of unbranched alkanes of at least 4 members (excludes halogenated alkanes) is 2. The number of phenols is 1. The Bertz CT molecular complexity index is 2370. The third kappa shape index (κ3) is 39.5. The predicted octanol–water partition coefficient (Wildman–Crippen LogP) is 0.681. The highest BCUT2D eigenvalue weighted by molar-refractivity contribution is 5.98. The number of aromatic hydroxyl groups is 1. The second kappa shape index (κ2) is 46.2. The van der Waals surface area contributed by atoms with Crippen LogP contribution in [-0.4, -0.2) is 175 Å². The molecule has 30 heteroatoms. The van der Waals surface area contributed by atoms with Gasteiger partial charge in [0.1, 0.15) is 54.1 Å². The van der Waals surface area contributed by atoms with Crippen molar-refractivity contribution in [2.45, 2.75) is 215 Å². The number of nitrogens with one attached hydrogen (secondary N) is 8. The first-order valence-electron chi connectivity index (χ1n) is 29.7. The average molecular weight is 1270 g/mol. The van der Waals surface area contributed by atoms with E-state index in [9.17, 15) is 63.3 Å². The van der Waals surface area contributed by atoms with Crippen LogP contribution in [0, 0.1) is 29.6 Å². The van der Waals surface area contributed by atoms with E-state index < -0.39 is 168 Å². The van der Waals surface area contributed by atoms with Crippen molar-refractivity contribution in [1.29, 1.82) is 0 Å². The first-order chi connectivity index (χ1) is 41.3. The molecule has 0 unspecified atom stereocenters. The Hall–Kier alpha value is -7.99. The summed E-state index contributed by atoms with van der Waals surface area (Å²) in [4.78, 5) is 162. The van der Waals surface area contributed by atoms with Crippen LogP contribution in [0.4, 0.5) is 0 Å². The largest absolute Gasteiger partial charge is 0.508 e. The average Bonchev–Trinajstić information content (AvgIpc) is 1.49. The van der Waals surface area contributed by atoms with Gasteiger partial charge in [0.2, 0.25) is 47.3 Å². The number of rotatable bonds is 37. The first-order valence-corrected chi connectivity index (χ1v) is 29.7. The van der Waals surface area contributed by atoms with Crippen LogP contribution in [0.15, 0.2) is 24.3 Å². The molecule has 0 heterocycles. The lowest BCUT2D eigenvalue weighted by Crippen LogP contribution is -2.62. The van der Waals surface area contributed by atoms with Crippen LogP contribution in [0.2, 0.25) is 0 Å². The molecule has 20 N–H and O–H groups in total. The number of amides is 8. The fourth-order valence-electron chi connectivity index (χ4n) is 8.08. The zero-order valence-electron chi connectivity index (χ0n) is 53.8. The third-order valence-electron chi connectivity index (χ3n) is 13.0. The number of aliphatic carboxylic acids is 5. The van der Waals surface area contributed by atoms with Crippen molar-refractivity contribution >= 4 is 77.1 Å². The highest BCUT2D eigenvalue weighted by Gasteiger charge is 2.38. The molecule has 0 aliphatic rings. The molecule has 10 atom stereocenters. The van der Waals surface area contributed by atoms with Gasteiger partial charge in [-0.2, -0.15) is 0 Å². The van der Waals surface area contributed by atoms with Crippen molar-refractivity contribution in [2.24, 2.45) is 46.8 Å². The Labute approximate surface area is 521 Å². The SMILES string of the molecule is CC(=O)O.CC(=O)O.CC(=O)O.CC[C@H](C)[C@H](NC(=O)[C@@H](NC(=O)[C@H](Cc1ccc(O)cc1)NC(=O)[C@H](CCC(=O)O)NC(=O)[C@H](CC(C)C)NC(=O)[C@@H](NC(=O)[C@@H](N)CCCCN)C(C)C)C(C)C)C(=O)N[C@@H](CCCCN)C(=O)N[C@H](C(=O)O)C(C)C. The van der Waals surface area contributed by atoms with Crippen molar-refractivity contribution in [3.8, 4) is 5.75 Å². The highest BCUT2D eigenvalue weighted by Crippen LogP contribution is 2.16. The van der Waals surface area contributed by atoms with E-state index in [4.69, 9.17) is 46.9 Å². The van der Waals surface area contributed by atoms with Crippen LogP contribution in [0.25, 0.3) is 0 Å². The zero-order valence-corrected chi connectivity index (χ0v) is 53.8. The monoisotopic (exact) mass is 1270 g/mol. The van der Waals surface area contributed by atoms with E-state index >= 15 is 0 Å². The van der Waals surface area contributed by atoms with Gasteiger partial charge in [0, 0.05) is 33.6 Å². The minimum absolute atomic E-state index is 0.0580. The van der Waals surface area contributed by atoms with Crippen LogP contribution in [0.3, 0.4) is 0 Å². The van der Waals surface area contributed by atoms with Crippen molar-refractivity contribution in [1.82, 2.24) is 42.5 Å². The van der Waals surface area contributed by atoms with E-state index in [1.807, 2.05) is 0 Å². The quantitative estimate of drug-likeness (QED) is 0.0407. The summed E-state index contributed by atoms with van der Waals surface area (Å²) in [6.45, 7) is 20.9. The molecule has 1 rings (SSSR count). The maximum Gasteiger partial charge on any atom is 0.326 e. The summed E-state index contributed by atoms with van der Waals surface area (Å²) in [7, 11) is 0. The number of carboxylic acid groups (broad SMARTS) is 5. The zero-order chi connectivity index (χ0) is 69.4. The number of hydrogen-bond acceptors (Lipinski definition) is 17. The minimum Gasteiger partial charge on any atom is -0.508 e. The minimum atomic E-state index is -1.59. The number of nitrogens with two attached hydrogens (primary N) is 3. The van der Waals surface area contributed by atoms with Crippen LogP contribution in [0.1, 0.15) is 160 Å². The van der Waals surface area contributed by atoms with E-state index in [1.165, 1.54) is 24.3 Å². The summed E-state index contributed by atoms with van der Waals surface area (Å²) in [5.74, 6) is -13.8. The van der Waals surface area contributed by atoms with E-state index in [1.54, 1.807) is 69.2 Å². The number of carbonyl (C=O) groups excluding carboxylic acids is 8. The van der Waals surface area contributed by atoms with Gasteiger partial charge >= 0.3 is 11.9 Å². The van der Waals surface area contributed by atoms with Gasteiger partial charge in [0.15, 0.2) is 0 Å². The Balaban J connectivity index is -0.00000561. The third-order valence-corrected chi connectivity index (χ3v) is 13.0. The van der Waals surface area contributed by atoms with Crippen LogP contribution in [-0.2, 0) is 68.7 Å². The number of carboxylic acids is 5. The predicted molar refractivity (Wildman–Crippen MR) is 329 cm³/mol. The van der Waals surface area contributed by atoms with Crippen molar-refractivity contribution in [3.05, 3.63) is 29.8 Å². The Kier molecular flexibility index (Phi) is 44.2. The first kappa shape index (κ1) is 85.2. The summed E-state index contributed by atoms with van der Waals surface area (Å²) in [5.41, 5.74) is 17.8. The maximum atomic E-state index is 14.5. The fourth-order valence-corrected chi connectivity index (χ4v) is 8.08. The molecule has 0 bridgehead atoms. The van der Waals surface area contributed by atoms with Gasteiger partial charge in [-0.3, -0.25) is 57.5 Å². The molecule has 8 amide bonds. The second-order valence-electron chi connectivity index (χ2n) is 22.8. The van der Waals surface area contributed by atoms with Gasteiger partial charge < -0.3 is 90.4 Å². The highest BCUT2D eigenvalue weighted by atomic mass is 16.4. The van der Waals surface area contributed by atoms with E-state index in [0.717, 1.165) is 20.8 Å². The Morgan fingerprint density at radius 2 is 0.787 bits per heavy atom. The van der Waals surface area contributed by atoms with Gasteiger partial charge in [-0.15, -0.1) is 0 Å². The molecule has 30 nitrogen and oxygen atoms in total. The smallest absolute Gasteiger partial charge is 0.326 e. The van der Waals surface area contributed by atoms with Crippen LogP contribution in [0.5, 0.6) is 5.75 Å². The van der Waals surface area contributed by atoms with Gasteiger partial charge in [-0.1, -0.05) is 94.2 Å². The maximum absolute atomic E-state index is 14.5. The molecular weight excluding hydrogens is 1170 g/mol. The summed E-state index contributed by atoms with van der Waals surface area (Å²) in [6.07, 6.45) is 1.74. The Morgan fingerprint density at radius 1 is 0.438 bits per heavy atom.